The van der Waals surface area contributed by atoms with Crippen LogP contribution >= 0.6 is 11.6 Å². The van der Waals surface area contributed by atoms with E-state index in [0.29, 0.717) is 5.02 Å². The largest absolute Gasteiger partial charge is 0.327 e. The quantitative estimate of drug-likeness (QED) is 0.864. The summed E-state index contributed by atoms with van der Waals surface area (Å²) in [7, 11) is -3.96. The number of rotatable bonds is 3. The second-order valence-corrected chi connectivity index (χ2v) is 5.15. The predicted molar refractivity (Wildman–Crippen MR) is 52.6 cm³/mol. The number of sulfone groups is 1. The van der Waals surface area contributed by atoms with Crippen LogP contribution in [0.1, 0.15) is 0 Å². The van der Waals surface area contributed by atoms with Gasteiger partial charge in [-0.2, -0.15) is 0 Å². The Morgan fingerprint density at radius 1 is 1.36 bits per heavy atom. The van der Waals surface area contributed by atoms with Gasteiger partial charge in [0.25, 0.3) is 0 Å². The summed E-state index contributed by atoms with van der Waals surface area (Å²) in [5.74, 6) is 0. The number of nitrogens with two attached hydrogens (primary N) is 1. The third kappa shape index (κ3) is 2.23. The molecule has 0 radical (unpaired) electrons. The summed E-state index contributed by atoms with van der Waals surface area (Å²) in [6.07, 6.45) is 0. The lowest BCUT2D eigenvalue weighted by atomic mass is 10.4. The summed E-state index contributed by atoms with van der Waals surface area (Å²) < 4.78 is 35.7. The molecule has 78 valence electrons. The smallest absolute Gasteiger partial charge is 0.217 e. The van der Waals surface area contributed by atoms with E-state index in [-0.39, 0.29) is 4.90 Å². The van der Waals surface area contributed by atoms with Crippen molar-refractivity contribution in [3.63, 3.8) is 0 Å². The van der Waals surface area contributed by atoms with Crippen molar-refractivity contribution in [2.45, 2.75) is 10.4 Å². The van der Waals surface area contributed by atoms with Crippen molar-refractivity contribution in [3.05, 3.63) is 29.3 Å². The molecule has 0 fully saturated rings. The van der Waals surface area contributed by atoms with Gasteiger partial charge in [0.15, 0.2) is 0 Å². The molecule has 6 heteroatoms. The van der Waals surface area contributed by atoms with Gasteiger partial charge in [-0.05, 0) is 24.3 Å². The average Bonchev–Trinajstić information content (AvgIpc) is 2.17. The molecule has 0 spiro atoms. The summed E-state index contributed by atoms with van der Waals surface area (Å²) in [6, 6.07) is 5.27. The minimum absolute atomic E-state index is 0.111. The molecule has 0 aliphatic rings. The fraction of sp³-hybridized carbons (Fsp3) is 0.250. The molecular formula is C8H9ClFNO2S. The summed E-state index contributed by atoms with van der Waals surface area (Å²) in [6.45, 7) is -0.551. The van der Waals surface area contributed by atoms with Crippen molar-refractivity contribution in [1.82, 2.24) is 0 Å². The first kappa shape index (κ1) is 11.4. The van der Waals surface area contributed by atoms with E-state index in [1.165, 1.54) is 24.3 Å². The van der Waals surface area contributed by atoms with Gasteiger partial charge in [0.05, 0.1) is 4.90 Å². The topological polar surface area (TPSA) is 60.2 Å². The van der Waals surface area contributed by atoms with E-state index in [4.69, 9.17) is 17.3 Å². The molecular weight excluding hydrogens is 229 g/mol. The Bertz CT molecular complexity index is 404. The lowest BCUT2D eigenvalue weighted by Crippen LogP contribution is -2.25. The number of halogens is 2. The van der Waals surface area contributed by atoms with Gasteiger partial charge in [0.2, 0.25) is 15.3 Å². The van der Waals surface area contributed by atoms with E-state index >= 15 is 0 Å². The maximum Gasteiger partial charge on any atom is 0.217 e. The molecule has 0 saturated heterocycles. The highest BCUT2D eigenvalue weighted by Crippen LogP contribution is 2.18. The summed E-state index contributed by atoms with van der Waals surface area (Å²) in [4.78, 5) is -0.111. The van der Waals surface area contributed by atoms with Crippen LogP contribution in [0.15, 0.2) is 29.2 Å². The monoisotopic (exact) mass is 237 g/mol. The maximum atomic E-state index is 13.0. The van der Waals surface area contributed by atoms with Crippen LogP contribution in [0.4, 0.5) is 4.39 Å². The van der Waals surface area contributed by atoms with Gasteiger partial charge in [-0.3, -0.25) is 0 Å². The van der Waals surface area contributed by atoms with E-state index in [9.17, 15) is 12.8 Å². The van der Waals surface area contributed by atoms with Crippen molar-refractivity contribution in [1.29, 1.82) is 0 Å². The van der Waals surface area contributed by atoms with Crippen molar-refractivity contribution in [2.75, 3.05) is 6.54 Å². The lowest BCUT2D eigenvalue weighted by molar-refractivity contribution is 0.425. The fourth-order valence-corrected chi connectivity index (χ4v) is 2.09. The molecule has 14 heavy (non-hydrogen) atoms. The van der Waals surface area contributed by atoms with Crippen LogP contribution in [-0.4, -0.2) is 20.5 Å². The van der Waals surface area contributed by atoms with Crippen LogP contribution in [0.2, 0.25) is 5.02 Å². The highest BCUT2D eigenvalue weighted by atomic mass is 35.5. The van der Waals surface area contributed by atoms with Gasteiger partial charge < -0.3 is 5.73 Å². The van der Waals surface area contributed by atoms with E-state index in [0.717, 1.165) is 0 Å². The molecule has 0 aromatic heterocycles. The van der Waals surface area contributed by atoms with Crippen LogP contribution in [0, 0.1) is 0 Å². The Balaban J connectivity index is 3.11. The standard InChI is InChI=1S/C8H9ClFNO2S/c9-6-1-3-7(4-2-6)14(12,13)8(10)5-11/h1-4,8H,5,11H2. The maximum absolute atomic E-state index is 13.0. The van der Waals surface area contributed by atoms with E-state index in [1.807, 2.05) is 0 Å². The van der Waals surface area contributed by atoms with Crippen LogP contribution < -0.4 is 5.73 Å². The minimum atomic E-state index is -3.96. The Kier molecular flexibility index (Phi) is 3.47. The molecule has 1 unspecified atom stereocenters. The first-order chi connectivity index (χ1) is 6.48. The Labute approximate surface area is 86.6 Å². The molecule has 0 saturated carbocycles. The minimum Gasteiger partial charge on any atom is -0.327 e. The Morgan fingerprint density at radius 2 is 1.86 bits per heavy atom. The van der Waals surface area contributed by atoms with Crippen LogP contribution in [0.5, 0.6) is 0 Å². The first-order valence-electron chi connectivity index (χ1n) is 3.82. The first-order valence-corrected chi connectivity index (χ1v) is 5.74. The zero-order valence-electron chi connectivity index (χ0n) is 7.15. The normalized spacial score (nSPS) is 13.9. The Hall–Kier alpha value is -0.650. The zero-order chi connectivity index (χ0) is 10.8. The van der Waals surface area contributed by atoms with E-state index in [1.54, 1.807) is 0 Å². The molecule has 0 aliphatic heterocycles. The molecule has 2 N–H and O–H groups in total. The predicted octanol–water partition coefficient (Wildman–Crippen LogP) is 1.37. The molecule has 1 aromatic carbocycles. The van der Waals surface area contributed by atoms with Crippen molar-refractivity contribution >= 4 is 21.4 Å². The third-order valence-corrected chi connectivity index (χ3v) is 3.71. The molecule has 0 bridgehead atoms. The van der Waals surface area contributed by atoms with E-state index < -0.39 is 21.9 Å². The van der Waals surface area contributed by atoms with Crippen LogP contribution in [0.3, 0.4) is 0 Å². The molecule has 1 atom stereocenters. The number of benzene rings is 1. The molecule has 0 amide bonds. The van der Waals surface area contributed by atoms with Gasteiger partial charge in [-0.25, -0.2) is 12.8 Å². The highest BCUT2D eigenvalue weighted by Gasteiger charge is 2.25. The number of hydrogen-bond acceptors (Lipinski definition) is 3. The van der Waals surface area contributed by atoms with Gasteiger partial charge in [-0.1, -0.05) is 11.6 Å². The van der Waals surface area contributed by atoms with Crippen molar-refractivity contribution in [2.24, 2.45) is 5.73 Å². The van der Waals surface area contributed by atoms with Crippen LogP contribution in [-0.2, 0) is 9.84 Å². The van der Waals surface area contributed by atoms with E-state index in [2.05, 4.69) is 0 Å². The van der Waals surface area contributed by atoms with Crippen molar-refractivity contribution < 1.29 is 12.8 Å². The highest BCUT2D eigenvalue weighted by molar-refractivity contribution is 7.92. The summed E-state index contributed by atoms with van der Waals surface area (Å²) in [5, 5.41) is 0.395. The number of alkyl halides is 1. The van der Waals surface area contributed by atoms with Gasteiger partial charge in [-0.15, -0.1) is 0 Å². The molecule has 1 aromatic rings. The van der Waals surface area contributed by atoms with Crippen LogP contribution in [0.25, 0.3) is 0 Å². The fourth-order valence-electron chi connectivity index (χ4n) is 0.899. The second kappa shape index (κ2) is 4.25. The van der Waals surface area contributed by atoms with Crippen molar-refractivity contribution in [3.8, 4) is 0 Å². The zero-order valence-corrected chi connectivity index (χ0v) is 8.72. The summed E-state index contributed by atoms with van der Waals surface area (Å²) in [5.41, 5.74) is 2.88. The van der Waals surface area contributed by atoms with Gasteiger partial charge >= 0.3 is 0 Å². The lowest BCUT2D eigenvalue weighted by Gasteiger charge is -2.07. The molecule has 0 aliphatic carbocycles. The molecule has 1 rings (SSSR count). The Morgan fingerprint density at radius 3 is 2.29 bits per heavy atom. The molecule has 0 heterocycles. The average molecular weight is 238 g/mol. The molecule has 3 nitrogen and oxygen atoms in total. The summed E-state index contributed by atoms with van der Waals surface area (Å²) >= 11 is 5.56. The van der Waals surface area contributed by atoms with Gasteiger partial charge in [0, 0.05) is 11.6 Å². The SMILES string of the molecule is NCC(F)S(=O)(=O)c1ccc(Cl)cc1. The third-order valence-electron chi connectivity index (χ3n) is 1.66. The number of hydrogen-bond donors (Lipinski definition) is 1. The van der Waals surface area contributed by atoms with Gasteiger partial charge in [0.1, 0.15) is 0 Å². The second-order valence-electron chi connectivity index (χ2n) is 2.64.